The molecule has 1 heterocycles. The van der Waals surface area contributed by atoms with Crippen LogP contribution >= 0.6 is 0 Å². The lowest BCUT2D eigenvalue weighted by Crippen LogP contribution is -2.40. The number of para-hydroxylation sites is 1. The molecule has 1 aliphatic heterocycles. The highest BCUT2D eigenvalue weighted by Crippen LogP contribution is 2.27. The Bertz CT molecular complexity index is 648. The molecular weight excluding hydrogens is 260 g/mol. The molecule has 1 N–H and O–H groups in total. The monoisotopic (exact) mass is 280 g/mol. The van der Waals surface area contributed by atoms with E-state index >= 15 is 0 Å². The van der Waals surface area contributed by atoms with Gasteiger partial charge >= 0.3 is 0 Å². The molecule has 0 aliphatic carbocycles. The molecule has 1 aliphatic rings. The van der Waals surface area contributed by atoms with Crippen molar-refractivity contribution >= 4 is 17.3 Å². The fraction of sp³-hybridized carbons (Fsp3) is 0.278. The van der Waals surface area contributed by atoms with E-state index in [1.165, 1.54) is 16.7 Å². The molecule has 2 aromatic carbocycles. The number of nitrogens with zero attached hydrogens (tertiary/aromatic N) is 1. The molecule has 21 heavy (non-hydrogen) atoms. The molecule has 3 rings (SSSR count). The molecule has 1 atom stereocenters. The normalized spacial score (nSPS) is 16.2. The van der Waals surface area contributed by atoms with Gasteiger partial charge in [0.25, 0.3) is 0 Å². The first-order valence-corrected chi connectivity index (χ1v) is 7.25. The van der Waals surface area contributed by atoms with Crippen molar-refractivity contribution in [3.63, 3.8) is 0 Å². The second-order valence-corrected chi connectivity index (χ2v) is 5.80. The number of hydrogen-bond acceptors (Lipinski definition) is 2. The van der Waals surface area contributed by atoms with Crippen molar-refractivity contribution in [3.8, 4) is 0 Å². The first-order chi connectivity index (χ1) is 10.0. The van der Waals surface area contributed by atoms with Gasteiger partial charge < -0.3 is 10.2 Å². The van der Waals surface area contributed by atoms with Crippen LogP contribution in [0.5, 0.6) is 0 Å². The van der Waals surface area contributed by atoms with E-state index in [9.17, 15) is 4.79 Å². The third-order valence-electron chi connectivity index (χ3n) is 3.99. The number of likely N-dealkylation sites (N-methyl/N-ethyl adjacent to an activating group) is 1. The second-order valence-electron chi connectivity index (χ2n) is 5.80. The number of carbonyl (C=O) groups excluding carboxylic acids is 1. The van der Waals surface area contributed by atoms with Gasteiger partial charge in [0.2, 0.25) is 5.91 Å². The largest absolute Gasteiger partial charge is 0.373 e. The van der Waals surface area contributed by atoms with Crippen LogP contribution in [0.2, 0.25) is 0 Å². The summed E-state index contributed by atoms with van der Waals surface area (Å²) in [6, 6.07) is 14.2. The molecule has 1 amide bonds. The van der Waals surface area contributed by atoms with Crippen LogP contribution in [0.15, 0.2) is 42.5 Å². The van der Waals surface area contributed by atoms with Crippen LogP contribution in [0.1, 0.15) is 16.7 Å². The summed E-state index contributed by atoms with van der Waals surface area (Å²) in [5, 5.41) is 3.32. The first kappa shape index (κ1) is 13.7. The number of benzene rings is 2. The molecule has 0 bridgehead atoms. The SMILES string of the molecule is Cc1cc(C)cc(N(C)C(=O)[C@@H]2Cc3ccccc3N2)c1. The molecule has 2 aromatic rings. The summed E-state index contributed by atoms with van der Waals surface area (Å²) in [6.07, 6.45) is 0.754. The first-order valence-electron chi connectivity index (χ1n) is 7.25. The number of aryl methyl sites for hydroxylation is 2. The molecule has 0 spiro atoms. The van der Waals surface area contributed by atoms with Crippen molar-refractivity contribution in [2.75, 3.05) is 17.3 Å². The Balaban J connectivity index is 1.80. The summed E-state index contributed by atoms with van der Waals surface area (Å²) in [7, 11) is 1.85. The van der Waals surface area contributed by atoms with E-state index in [0.29, 0.717) is 0 Å². The van der Waals surface area contributed by atoms with Crippen LogP contribution in [0.3, 0.4) is 0 Å². The lowest BCUT2D eigenvalue weighted by Gasteiger charge is -2.22. The fourth-order valence-corrected chi connectivity index (χ4v) is 2.95. The molecular formula is C18H20N2O. The highest BCUT2D eigenvalue weighted by atomic mass is 16.2. The summed E-state index contributed by atoms with van der Waals surface area (Å²) in [6.45, 7) is 4.11. The van der Waals surface area contributed by atoms with Crippen molar-refractivity contribution in [1.82, 2.24) is 0 Å². The van der Waals surface area contributed by atoms with Gasteiger partial charge in [-0.15, -0.1) is 0 Å². The van der Waals surface area contributed by atoms with Crippen molar-refractivity contribution < 1.29 is 4.79 Å². The van der Waals surface area contributed by atoms with Crippen LogP contribution < -0.4 is 10.2 Å². The highest BCUT2D eigenvalue weighted by molar-refractivity contribution is 5.99. The maximum Gasteiger partial charge on any atom is 0.249 e. The van der Waals surface area contributed by atoms with E-state index in [1.54, 1.807) is 4.90 Å². The van der Waals surface area contributed by atoms with Crippen LogP contribution in [-0.4, -0.2) is 19.0 Å². The average molecular weight is 280 g/mol. The Kier molecular flexibility index (Phi) is 3.42. The van der Waals surface area contributed by atoms with Gasteiger partial charge in [0.1, 0.15) is 6.04 Å². The zero-order chi connectivity index (χ0) is 15.0. The van der Waals surface area contributed by atoms with Gasteiger partial charge in [-0.05, 0) is 48.7 Å². The molecule has 108 valence electrons. The Morgan fingerprint density at radius 3 is 2.48 bits per heavy atom. The lowest BCUT2D eigenvalue weighted by atomic mass is 10.1. The number of nitrogens with one attached hydrogen (secondary N) is 1. The van der Waals surface area contributed by atoms with Crippen LogP contribution in [-0.2, 0) is 11.2 Å². The Morgan fingerprint density at radius 2 is 1.81 bits per heavy atom. The van der Waals surface area contributed by atoms with E-state index in [4.69, 9.17) is 0 Å². The van der Waals surface area contributed by atoms with Gasteiger partial charge in [-0.2, -0.15) is 0 Å². The lowest BCUT2D eigenvalue weighted by molar-refractivity contribution is -0.118. The predicted octanol–water partition coefficient (Wildman–Crippen LogP) is 3.30. The quantitative estimate of drug-likeness (QED) is 0.915. The number of carbonyl (C=O) groups is 1. The number of rotatable bonds is 2. The third kappa shape index (κ3) is 2.64. The molecule has 0 fully saturated rings. The van der Waals surface area contributed by atoms with Crippen LogP contribution in [0.4, 0.5) is 11.4 Å². The smallest absolute Gasteiger partial charge is 0.249 e. The molecule has 0 saturated heterocycles. The molecule has 3 nitrogen and oxygen atoms in total. The Morgan fingerprint density at radius 1 is 1.14 bits per heavy atom. The standard InChI is InChI=1S/C18H20N2O/c1-12-8-13(2)10-15(9-12)20(3)18(21)17-11-14-6-4-5-7-16(14)19-17/h4-10,17,19H,11H2,1-3H3/t17-/m0/s1. The summed E-state index contributed by atoms with van der Waals surface area (Å²) < 4.78 is 0. The maximum atomic E-state index is 12.7. The Hall–Kier alpha value is -2.29. The molecule has 0 saturated carbocycles. The van der Waals surface area contributed by atoms with E-state index in [-0.39, 0.29) is 11.9 Å². The van der Waals surface area contributed by atoms with E-state index < -0.39 is 0 Å². The minimum absolute atomic E-state index is 0.108. The fourth-order valence-electron chi connectivity index (χ4n) is 2.95. The zero-order valence-electron chi connectivity index (χ0n) is 12.7. The number of amides is 1. The number of hydrogen-bond donors (Lipinski definition) is 1. The minimum atomic E-state index is -0.173. The van der Waals surface area contributed by atoms with Gasteiger partial charge in [0.05, 0.1) is 0 Å². The summed E-state index contributed by atoms with van der Waals surface area (Å²) >= 11 is 0. The average Bonchev–Trinajstić information content (AvgIpc) is 2.88. The van der Waals surface area contributed by atoms with Gasteiger partial charge in [0, 0.05) is 24.8 Å². The molecule has 3 heteroatoms. The maximum absolute atomic E-state index is 12.7. The summed E-state index contributed by atoms with van der Waals surface area (Å²) in [5.41, 5.74) is 5.59. The van der Waals surface area contributed by atoms with Gasteiger partial charge in [-0.1, -0.05) is 24.3 Å². The number of fused-ring (bicyclic) bond motifs is 1. The summed E-state index contributed by atoms with van der Waals surface area (Å²) in [5.74, 6) is 0.108. The van der Waals surface area contributed by atoms with Crippen LogP contribution in [0, 0.1) is 13.8 Å². The van der Waals surface area contributed by atoms with Crippen molar-refractivity contribution in [1.29, 1.82) is 0 Å². The predicted molar refractivity (Wildman–Crippen MR) is 86.9 cm³/mol. The second kappa shape index (κ2) is 5.24. The topological polar surface area (TPSA) is 32.3 Å². The van der Waals surface area contributed by atoms with Crippen molar-refractivity contribution in [2.24, 2.45) is 0 Å². The highest BCUT2D eigenvalue weighted by Gasteiger charge is 2.29. The zero-order valence-corrected chi connectivity index (χ0v) is 12.7. The van der Waals surface area contributed by atoms with E-state index in [0.717, 1.165) is 17.8 Å². The summed E-state index contributed by atoms with van der Waals surface area (Å²) in [4.78, 5) is 14.5. The van der Waals surface area contributed by atoms with E-state index in [2.05, 4.69) is 31.3 Å². The van der Waals surface area contributed by atoms with Crippen molar-refractivity contribution in [2.45, 2.75) is 26.3 Å². The van der Waals surface area contributed by atoms with Gasteiger partial charge in [-0.3, -0.25) is 4.79 Å². The Labute approximate surface area is 125 Å². The molecule has 0 aromatic heterocycles. The number of anilines is 2. The minimum Gasteiger partial charge on any atom is -0.373 e. The van der Waals surface area contributed by atoms with E-state index in [1.807, 2.05) is 37.4 Å². The van der Waals surface area contributed by atoms with Crippen molar-refractivity contribution in [3.05, 3.63) is 59.2 Å². The van der Waals surface area contributed by atoms with Gasteiger partial charge in [-0.25, -0.2) is 0 Å². The van der Waals surface area contributed by atoms with Crippen LogP contribution in [0.25, 0.3) is 0 Å². The molecule has 0 unspecified atom stereocenters. The third-order valence-corrected chi connectivity index (χ3v) is 3.99. The molecule has 0 radical (unpaired) electrons. The van der Waals surface area contributed by atoms with Gasteiger partial charge in [0.15, 0.2) is 0 Å².